The zero-order valence-corrected chi connectivity index (χ0v) is 31.5. The molecule has 0 N–H and O–H groups in total. The van der Waals surface area contributed by atoms with Crippen LogP contribution in [0.4, 0.5) is 34.1 Å². The van der Waals surface area contributed by atoms with Crippen LogP contribution in [-0.4, -0.2) is 0 Å². The average molecular weight is 729 g/mol. The van der Waals surface area contributed by atoms with Crippen LogP contribution in [0.15, 0.2) is 243 Å². The highest BCUT2D eigenvalue weighted by atomic mass is 15.1. The summed E-state index contributed by atoms with van der Waals surface area (Å²) in [5.41, 5.74) is 16.1. The molecule has 9 aromatic rings. The number of para-hydroxylation sites is 4. The normalized spacial score (nSPS) is 12.4. The highest BCUT2D eigenvalue weighted by Crippen LogP contribution is 2.58. The smallest absolute Gasteiger partial charge is 0.0714 e. The molecule has 0 unspecified atom stereocenters. The monoisotopic (exact) mass is 728 g/mol. The Hall–Kier alpha value is -7.42. The lowest BCUT2D eigenvalue weighted by Crippen LogP contribution is -2.28. The maximum atomic E-state index is 2.45. The minimum absolute atomic E-state index is 0.560. The lowest BCUT2D eigenvalue weighted by atomic mass is 9.67. The first-order valence-corrected chi connectivity index (χ1v) is 19.6. The fourth-order valence-electron chi connectivity index (χ4n) is 8.80. The van der Waals surface area contributed by atoms with Gasteiger partial charge in [0.15, 0.2) is 0 Å². The topological polar surface area (TPSA) is 6.48 Å². The van der Waals surface area contributed by atoms with Crippen LogP contribution in [0.3, 0.4) is 0 Å². The summed E-state index contributed by atoms with van der Waals surface area (Å²) < 4.78 is 0. The van der Waals surface area contributed by atoms with Crippen LogP contribution in [0.2, 0.25) is 0 Å². The molecule has 0 aromatic heterocycles. The maximum Gasteiger partial charge on any atom is 0.0714 e. The molecule has 0 saturated heterocycles. The Kier molecular flexibility index (Phi) is 8.78. The van der Waals surface area contributed by atoms with E-state index in [1.54, 1.807) is 0 Å². The molecule has 0 radical (unpaired) electrons. The van der Waals surface area contributed by atoms with Gasteiger partial charge in [-0.1, -0.05) is 164 Å². The molecule has 10 rings (SSSR count). The summed E-state index contributed by atoms with van der Waals surface area (Å²) in [6.07, 6.45) is 0. The van der Waals surface area contributed by atoms with E-state index >= 15 is 0 Å². The van der Waals surface area contributed by atoms with E-state index in [4.69, 9.17) is 0 Å². The molecule has 0 spiro atoms. The van der Waals surface area contributed by atoms with Crippen molar-refractivity contribution in [2.24, 2.45) is 0 Å². The van der Waals surface area contributed by atoms with Crippen molar-refractivity contribution >= 4 is 34.1 Å². The quantitative estimate of drug-likeness (QED) is 0.146. The molecule has 0 saturated carbocycles. The molecular formula is C55H40N2. The van der Waals surface area contributed by atoms with E-state index in [1.165, 1.54) is 44.5 Å². The van der Waals surface area contributed by atoms with Gasteiger partial charge < -0.3 is 9.80 Å². The van der Waals surface area contributed by atoms with E-state index in [0.29, 0.717) is 0 Å². The van der Waals surface area contributed by atoms with Gasteiger partial charge >= 0.3 is 0 Å². The van der Waals surface area contributed by atoms with Crippen molar-refractivity contribution in [3.8, 4) is 22.3 Å². The van der Waals surface area contributed by atoms with E-state index in [9.17, 15) is 0 Å². The summed E-state index contributed by atoms with van der Waals surface area (Å²) in [5.74, 6) is 0. The summed E-state index contributed by atoms with van der Waals surface area (Å²) in [5, 5.41) is 0. The van der Waals surface area contributed by atoms with Crippen molar-refractivity contribution in [2.45, 2.75) is 5.41 Å². The predicted molar refractivity (Wildman–Crippen MR) is 239 cm³/mol. The fraction of sp³-hybridized carbons (Fsp3) is 0.0182. The Labute approximate surface area is 335 Å². The molecule has 9 aromatic carbocycles. The number of fused-ring (bicyclic) bond motifs is 3. The van der Waals surface area contributed by atoms with Gasteiger partial charge in [-0.15, -0.1) is 0 Å². The number of hydrogen-bond acceptors (Lipinski definition) is 2. The van der Waals surface area contributed by atoms with Gasteiger partial charge in [-0.25, -0.2) is 0 Å². The summed E-state index contributed by atoms with van der Waals surface area (Å²) in [7, 11) is 0. The van der Waals surface area contributed by atoms with Crippen LogP contribution in [0.25, 0.3) is 22.3 Å². The molecule has 0 amide bonds. The molecule has 0 bridgehead atoms. The summed E-state index contributed by atoms with van der Waals surface area (Å²) in [4.78, 5) is 4.68. The minimum atomic E-state index is -0.560. The maximum absolute atomic E-state index is 2.45. The van der Waals surface area contributed by atoms with Gasteiger partial charge in [0.2, 0.25) is 0 Å². The average Bonchev–Trinajstić information content (AvgIpc) is 3.58. The van der Waals surface area contributed by atoms with E-state index in [-0.39, 0.29) is 0 Å². The van der Waals surface area contributed by atoms with Gasteiger partial charge in [0.05, 0.1) is 5.41 Å². The minimum Gasteiger partial charge on any atom is -0.311 e. The molecule has 0 aliphatic heterocycles. The molecule has 57 heavy (non-hydrogen) atoms. The first kappa shape index (κ1) is 34.1. The number of benzene rings is 9. The Morgan fingerprint density at radius 1 is 0.246 bits per heavy atom. The fourth-order valence-corrected chi connectivity index (χ4v) is 8.80. The Morgan fingerprint density at radius 3 is 1.00 bits per heavy atom. The lowest BCUT2D eigenvalue weighted by Gasteiger charge is -2.35. The van der Waals surface area contributed by atoms with Gasteiger partial charge in [0, 0.05) is 34.1 Å². The SMILES string of the molecule is c1ccc(N(c2ccccc2)c2ccc(-c3ccc4c(c3)C(c3ccccc3)(c3ccccc3)c3cc(N(c5ccccc5)c5ccccc5)ccc3-4)cc2)cc1. The van der Waals surface area contributed by atoms with Crippen LogP contribution in [0.1, 0.15) is 22.3 Å². The molecule has 2 nitrogen and oxygen atoms in total. The summed E-state index contributed by atoms with van der Waals surface area (Å²) in [6, 6.07) is 87.8. The molecule has 1 aliphatic rings. The third kappa shape index (κ3) is 6.00. The number of hydrogen-bond donors (Lipinski definition) is 0. The van der Waals surface area contributed by atoms with E-state index < -0.39 is 5.41 Å². The highest BCUT2D eigenvalue weighted by molar-refractivity contribution is 5.91. The molecule has 2 heteroatoms. The van der Waals surface area contributed by atoms with Crippen molar-refractivity contribution in [1.29, 1.82) is 0 Å². The van der Waals surface area contributed by atoms with Crippen molar-refractivity contribution in [2.75, 3.05) is 9.80 Å². The zero-order valence-electron chi connectivity index (χ0n) is 31.5. The van der Waals surface area contributed by atoms with Crippen molar-refractivity contribution < 1.29 is 0 Å². The van der Waals surface area contributed by atoms with E-state index in [0.717, 1.165) is 34.1 Å². The number of anilines is 6. The molecule has 270 valence electrons. The van der Waals surface area contributed by atoms with E-state index in [1.807, 2.05) is 0 Å². The first-order valence-electron chi connectivity index (χ1n) is 19.6. The summed E-state index contributed by atoms with van der Waals surface area (Å²) in [6.45, 7) is 0. The van der Waals surface area contributed by atoms with Crippen molar-refractivity contribution in [3.05, 3.63) is 265 Å². The number of rotatable bonds is 9. The van der Waals surface area contributed by atoms with Crippen LogP contribution in [-0.2, 0) is 5.41 Å². The number of nitrogens with zero attached hydrogens (tertiary/aromatic N) is 2. The zero-order chi connectivity index (χ0) is 38.0. The van der Waals surface area contributed by atoms with Crippen LogP contribution in [0.5, 0.6) is 0 Å². The third-order valence-corrected chi connectivity index (χ3v) is 11.3. The van der Waals surface area contributed by atoms with Crippen LogP contribution >= 0.6 is 0 Å². The second-order valence-electron chi connectivity index (χ2n) is 14.5. The van der Waals surface area contributed by atoms with E-state index in [2.05, 4.69) is 252 Å². The summed E-state index contributed by atoms with van der Waals surface area (Å²) >= 11 is 0. The molecule has 0 fully saturated rings. The Morgan fingerprint density at radius 2 is 0.561 bits per heavy atom. The molecule has 0 atom stereocenters. The Bertz CT molecular complexity index is 2630. The molecular weight excluding hydrogens is 689 g/mol. The Balaban J connectivity index is 1.15. The van der Waals surface area contributed by atoms with Gasteiger partial charge in [-0.3, -0.25) is 0 Å². The van der Waals surface area contributed by atoms with Gasteiger partial charge in [-0.2, -0.15) is 0 Å². The lowest BCUT2D eigenvalue weighted by molar-refractivity contribution is 0.768. The van der Waals surface area contributed by atoms with Crippen LogP contribution in [0, 0.1) is 0 Å². The molecule has 1 aliphatic carbocycles. The van der Waals surface area contributed by atoms with Crippen molar-refractivity contribution in [3.63, 3.8) is 0 Å². The standard InChI is InChI=1S/C55H40N2/c1-7-19-43(20-8-1)55(44-21-9-2-10-22-44)53-39-42(41-31-34-49(35-32-41)56(45-23-11-3-12-24-45)46-25-13-4-14-26-46)33-37-51(53)52-38-36-50(40-54(52)55)57(47-27-15-5-16-28-47)48-29-17-6-18-30-48/h1-40H. The van der Waals surface area contributed by atoms with Crippen molar-refractivity contribution in [1.82, 2.24) is 0 Å². The second-order valence-corrected chi connectivity index (χ2v) is 14.5. The van der Waals surface area contributed by atoms with Gasteiger partial charge in [0.1, 0.15) is 0 Å². The molecule has 0 heterocycles. The predicted octanol–water partition coefficient (Wildman–Crippen LogP) is 14.7. The largest absolute Gasteiger partial charge is 0.311 e. The van der Waals surface area contributed by atoms with Gasteiger partial charge in [-0.05, 0) is 123 Å². The second kappa shape index (κ2) is 14.7. The van der Waals surface area contributed by atoms with Gasteiger partial charge in [0.25, 0.3) is 0 Å². The first-order chi connectivity index (χ1) is 28.3. The third-order valence-electron chi connectivity index (χ3n) is 11.3. The highest BCUT2D eigenvalue weighted by Gasteiger charge is 2.46. The van der Waals surface area contributed by atoms with Crippen LogP contribution < -0.4 is 9.80 Å².